The Hall–Kier alpha value is -1.73. The number of nitrogens with one attached hydrogen (secondary N) is 2. The largest absolute Gasteiger partial charge is 0.377 e. The van der Waals surface area contributed by atoms with E-state index in [0.29, 0.717) is 18.0 Å². The molecule has 2 N–H and O–H groups in total. The number of aryl methyl sites for hydroxylation is 2. The maximum atomic E-state index is 12.4. The van der Waals surface area contributed by atoms with Crippen molar-refractivity contribution in [2.24, 2.45) is 0 Å². The number of rotatable bonds is 8. The highest BCUT2D eigenvalue weighted by Crippen LogP contribution is 2.14. The number of benzene rings is 2. The van der Waals surface area contributed by atoms with Crippen molar-refractivity contribution < 1.29 is 13.2 Å². The molecule has 0 aliphatic carbocycles. The SMILES string of the molecule is Cc1ccc(CNCc2ccc(S(=O)(=O)NCC3CCCO3)cc2)c(C)c1. The fraction of sp³-hybridized carbons (Fsp3) is 0.429. The average molecular weight is 389 g/mol. The van der Waals surface area contributed by atoms with Crippen molar-refractivity contribution in [3.63, 3.8) is 0 Å². The molecule has 0 bridgehead atoms. The van der Waals surface area contributed by atoms with E-state index in [1.54, 1.807) is 12.1 Å². The second kappa shape index (κ2) is 8.97. The van der Waals surface area contributed by atoms with Crippen molar-refractivity contribution in [1.82, 2.24) is 10.0 Å². The lowest BCUT2D eigenvalue weighted by molar-refractivity contribution is 0.114. The van der Waals surface area contributed by atoms with Gasteiger partial charge in [-0.3, -0.25) is 0 Å². The van der Waals surface area contributed by atoms with Crippen LogP contribution in [0.25, 0.3) is 0 Å². The molecule has 0 radical (unpaired) electrons. The summed E-state index contributed by atoms with van der Waals surface area (Å²) in [6.45, 7) is 6.74. The molecule has 27 heavy (non-hydrogen) atoms. The molecule has 0 saturated carbocycles. The zero-order valence-electron chi connectivity index (χ0n) is 16.0. The fourth-order valence-corrected chi connectivity index (χ4v) is 4.33. The van der Waals surface area contributed by atoms with Crippen molar-refractivity contribution in [1.29, 1.82) is 0 Å². The van der Waals surface area contributed by atoms with Crippen LogP contribution in [0.4, 0.5) is 0 Å². The van der Waals surface area contributed by atoms with Gasteiger partial charge in [0.1, 0.15) is 0 Å². The van der Waals surface area contributed by atoms with Gasteiger partial charge in [-0.2, -0.15) is 0 Å². The van der Waals surface area contributed by atoms with Crippen LogP contribution < -0.4 is 10.0 Å². The van der Waals surface area contributed by atoms with Gasteiger partial charge in [-0.05, 0) is 55.5 Å². The van der Waals surface area contributed by atoms with Gasteiger partial charge in [0.05, 0.1) is 11.0 Å². The Kier molecular flexibility index (Phi) is 6.65. The molecule has 2 aromatic rings. The van der Waals surface area contributed by atoms with Gasteiger partial charge in [0.15, 0.2) is 0 Å². The maximum absolute atomic E-state index is 12.4. The fourth-order valence-electron chi connectivity index (χ4n) is 3.26. The summed E-state index contributed by atoms with van der Waals surface area (Å²) in [5.74, 6) is 0. The second-order valence-electron chi connectivity index (χ2n) is 7.16. The van der Waals surface area contributed by atoms with Crippen LogP contribution in [-0.2, 0) is 27.8 Å². The van der Waals surface area contributed by atoms with Crippen LogP contribution in [0.1, 0.15) is 35.1 Å². The zero-order chi connectivity index (χ0) is 19.3. The third-order valence-electron chi connectivity index (χ3n) is 4.90. The van der Waals surface area contributed by atoms with Crippen LogP contribution in [0.5, 0.6) is 0 Å². The molecule has 6 heteroatoms. The van der Waals surface area contributed by atoms with E-state index in [1.807, 2.05) is 12.1 Å². The van der Waals surface area contributed by atoms with Gasteiger partial charge in [-0.25, -0.2) is 13.1 Å². The number of hydrogen-bond donors (Lipinski definition) is 2. The Bertz CT molecular complexity index is 857. The molecule has 3 rings (SSSR count). The van der Waals surface area contributed by atoms with Crippen LogP contribution >= 0.6 is 0 Å². The Morgan fingerprint density at radius 3 is 2.52 bits per heavy atom. The van der Waals surface area contributed by atoms with E-state index in [0.717, 1.165) is 31.6 Å². The van der Waals surface area contributed by atoms with E-state index >= 15 is 0 Å². The van der Waals surface area contributed by atoms with Crippen LogP contribution in [0, 0.1) is 13.8 Å². The predicted molar refractivity (Wildman–Crippen MR) is 107 cm³/mol. The minimum Gasteiger partial charge on any atom is -0.377 e. The molecule has 0 spiro atoms. The molecule has 146 valence electrons. The van der Waals surface area contributed by atoms with Gasteiger partial charge in [-0.1, -0.05) is 35.9 Å². The minimum absolute atomic E-state index is 0.00604. The zero-order valence-corrected chi connectivity index (χ0v) is 16.8. The van der Waals surface area contributed by atoms with Gasteiger partial charge < -0.3 is 10.1 Å². The molecule has 1 aliphatic heterocycles. The summed E-state index contributed by atoms with van der Waals surface area (Å²) in [5, 5.41) is 3.42. The van der Waals surface area contributed by atoms with E-state index < -0.39 is 10.0 Å². The Morgan fingerprint density at radius 1 is 1.07 bits per heavy atom. The van der Waals surface area contributed by atoms with Crippen molar-refractivity contribution in [2.75, 3.05) is 13.2 Å². The highest BCUT2D eigenvalue weighted by molar-refractivity contribution is 7.89. The van der Waals surface area contributed by atoms with Crippen LogP contribution in [0.15, 0.2) is 47.4 Å². The normalized spacial score (nSPS) is 17.3. The van der Waals surface area contributed by atoms with Gasteiger partial charge in [0.25, 0.3) is 0 Å². The molecule has 0 aromatic heterocycles. The van der Waals surface area contributed by atoms with Crippen molar-refractivity contribution in [2.45, 2.75) is 50.8 Å². The van der Waals surface area contributed by atoms with Crippen molar-refractivity contribution >= 4 is 10.0 Å². The maximum Gasteiger partial charge on any atom is 0.240 e. The lowest BCUT2D eigenvalue weighted by Gasteiger charge is -2.12. The molecule has 1 heterocycles. The quantitative estimate of drug-likeness (QED) is 0.729. The topological polar surface area (TPSA) is 67.4 Å². The standard InChI is InChI=1S/C21H28N2O3S/c1-16-5-8-19(17(2)12-16)14-22-13-18-6-9-21(10-7-18)27(24,25)23-15-20-4-3-11-26-20/h5-10,12,20,22-23H,3-4,11,13-15H2,1-2H3. The first-order chi connectivity index (χ1) is 12.9. The first kappa shape index (κ1) is 20.0. The highest BCUT2D eigenvalue weighted by atomic mass is 32.2. The van der Waals surface area contributed by atoms with E-state index in [9.17, 15) is 8.42 Å². The van der Waals surface area contributed by atoms with Crippen LogP contribution in [0.2, 0.25) is 0 Å². The minimum atomic E-state index is -3.49. The summed E-state index contributed by atoms with van der Waals surface area (Å²) in [6.07, 6.45) is 1.90. The molecule has 5 nitrogen and oxygen atoms in total. The van der Waals surface area contributed by atoms with Gasteiger partial charge in [-0.15, -0.1) is 0 Å². The number of hydrogen-bond acceptors (Lipinski definition) is 4. The van der Waals surface area contributed by atoms with Gasteiger partial charge in [0, 0.05) is 26.2 Å². The molecule has 1 aliphatic rings. The third-order valence-corrected chi connectivity index (χ3v) is 6.34. The lowest BCUT2D eigenvalue weighted by Crippen LogP contribution is -2.31. The Morgan fingerprint density at radius 2 is 1.85 bits per heavy atom. The Labute approximate surface area is 162 Å². The predicted octanol–water partition coefficient (Wildman–Crippen LogP) is 3.05. The first-order valence-corrected chi connectivity index (χ1v) is 10.9. The van der Waals surface area contributed by atoms with Crippen LogP contribution in [0.3, 0.4) is 0 Å². The van der Waals surface area contributed by atoms with E-state index in [1.165, 1.54) is 16.7 Å². The van der Waals surface area contributed by atoms with E-state index in [4.69, 9.17) is 4.74 Å². The number of ether oxygens (including phenoxy) is 1. The summed E-state index contributed by atoms with van der Waals surface area (Å²) in [7, 11) is -3.49. The molecule has 1 fully saturated rings. The smallest absolute Gasteiger partial charge is 0.240 e. The molecule has 0 amide bonds. The summed E-state index contributed by atoms with van der Waals surface area (Å²) < 4.78 is 32.9. The molecule has 2 aromatic carbocycles. The molecule has 1 saturated heterocycles. The lowest BCUT2D eigenvalue weighted by atomic mass is 10.1. The third kappa shape index (κ3) is 5.62. The average Bonchev–Trinajstić information content (AvgIpc) is 3.16. The van der Waals surface area contributed by atoms with E-state index in [-0.39, 0.29) is 6.10 Å². The summed E-state index contributed by atoms with van der Waals surface area (Å²) >= 11 is 0. The molecular formula is C21H28N2O3S. The second-order valence-corrected chi connectivity index (χ2v) is 8.93. The Balaban J connectivity index is 1.51. The van der Waals surface area contributed by atoms with Gasteiger partial charge in [0.2, 0.25) is 10.0 Å². The first-order valence-electron chi connectivity index (χ1n) is 9.41. The summed E-state index contributed by atoms with van der Waals surface area (Å²) in [5.41, 5.74) is 4.87. The molecular weight excluding hydrogens is 360 g/mol. The van der Waals surface area contributed by atoms with Crippen molar-refractivity contribution in [3.8, 4) is 0 Å². The number of sulfonamides is 1. The van der Waals surface area contributed by atoms with Crippen molar-refractivity contribution in [3.05, 3.63) is 64.7 Å². The van der Waals surface area contributed by atoms with Gasteiger partial charge >= 0.3 is 0 Å². The highest BCUT2D eigenvalue weighted by Gasteiger charge is 2.20. The van der Waals surface area contributed by atoms with E-state index in [2.05, 4.69) is 42.1 Å². The molecule has 1 atom stereocenters. The summed E-state index contributed by atoms with van der Waals surface area (Å²) in [4.78, 5) is 0.290. The monoisotopic (exact) mass is 388 g/mol. The van der Waals surface area contributed by atoms with Crippen LogP contribution in [-0.4, -0.2) is 27.7 Å². The summed E-state index contributed by atoms with van der Waals surface area (Å²) in [6, 6.07) is 13.5. The molecule has 1 unspecified atom stereocenters.